The van der Waals surface area contributed by atoms with Gasteiger partial charge < -0.3 is 20.5 Å². The second kappa shape index (κ2) is 7.49. The number of aliphatic hydroxyl groups excluding tert-OH is 1. The minimum absolute atomic E-state index is 0.202. The summed E-state index contributed by atoms with van der Waals surface area (Å²) in [6, 6.07) is 0. The normalized spacial score (nSPS) is 11.5. The van der Waals surface area contributed by atoms with Crippen molar-refractivity contribution in [2.75, 3.05) is 13.1 Å². The second-order valence-electron chi connectivity index (χ2n) is 2.93. The van der Waals surface area contributed by atoms with Gasteiger partial charge in [-0.05, 0) is 13.0 Å². The Hall–Kier alpha value is -0.160. The van der Waals surface area contributed by atoms with E-state index in [2.05, 4.69) is 6.92 Å². The van der Waals surface area contributed by atoms with Crippen LogP contribution in [0, 0.1) is 5.21 Å². The SMILES string of the molecule is CCCCCCN([O-])CC(O)O. The van der Waals surface area contributed by atoms with Gasteiger partial charge in [-0.15, -0.1) is 0 Å². The highest BCUT2D eigenvalue weighted by atomic mass is 16.5. The number of nitrogens with zero attached hydrogens (tertiary/aromatic N) is 1. The molecule has 4 nitrogen and oxygen atoms in total. The summed E-state index contributed by atoms with van der Waals surface area (Å²) in [5.41, 5.74) is 0. The first kappa shape index (κ1) is 11.8. The van der Waals surface area contributed by atoms with Crippen LogP contribution in [0.15, 0.2) is 0 Å². The minimum Gasteiger partial charge on any atom is -0.785 e. The van der Waals surface area contributed by atoms with Crippen molar-refractivity contribution in [3.63, 3.8) is 0 Å². The van der Waals surface area contributed by atoms with Crippen LogP contribution >= 0.6 is 0 Å². The molecule has 0 fully saturated rings. The highest BCUT2D eigenvalue weighted by Gasteiger charge is 1.98. The summed E-state index contributed by atoms with van der Waals surface area (Å²) in [7, 11) is 0. The maximum atomic E-state index is 10.8. The van der Waals surface area contributed by atoms with Gasteiger partial charge in [-0.1, -0.05) is 26.2 Å². The Morgan fingerprint density at radius 2 is 1.92 bits per heavy atom. The summed E-state index contributed by atoms with van der Waals surface area (Å²) >= 11 is 0. The van der Waals surface area contributed by atoms with E-state index >= 15 is 0 Å². The van der Waals surface area contributed by atoms with E-state index in [0.717, 1.165) is 25.7 Å². The maximum absolute atomic E-state index is 10.8. The summed E-state index contributed by atoms with van der Waals surface area (Å²) in [6.45, 7) is 2.30. The first-order valence-corrected chi connectivity index (χ1v) is 4.45. The van der Waals surface area contributed by atoms with Crippen molar-refractivity contribution in [2.24, 2.45) is 0 Å². The molecule has 0 spiro atoms. The summed E-state index contributed by atoms with van der Waals surface area (Å²) < 4.78 is 0. The largest absolute Gasteiger partial charge is 0.785 e. The highest BCUT2D eigenvalue weighted by Crippen LogP contribution is 2.00. The lowest BCUT2D eigenvalue weighted by Crippen LogP contribution is -2.28. The van der Waals surface area contributed by atoms with Crippen molar-refractivity contribution in [1.29, 1.82) is 0 Å². The van der Waals surface area contributed by atoms with Gasteiger partial charge in [-0.2, -0.15) is 0 Å². The van der Waals surface area contributed by atoms with Crippen LogP contribution in [0.4, 0.5) is 0 Å². The zero-order valence-corrected chi connectivity index (χ0v) is 7.57. The molecule has 0 aromatic heterocycles. The molecule has 0 aliphatic heterocycles. The maximum Gasteiger partial charge on any atom is 0.163 e. The van der Waals surface area contributed by atoms with Crippen molar-refractivity contribution >= 4 is 0 Å². The van der Waals surface area contributed by atoms with Crippen LogP contribution in [-0.2, 0) is 0 Å². The summed E-state index contributed by atoms with van der Waals surface area (Å²) in [5.74, 6) is 0. The van der Waals surface area contributed by atoms with Crippen LogP contribution in [0.25, 0.3) is 0 Å². The van der Waals surface area contributed by atoms with E-state index in [-0.39, 0.29) is 6.54 Å². The molecule has 74 valence electrons. The molecule has 0 saturated heterocycles. The molecule has 0 rings (SSSR count). The Kier molecular flexibility index (Phi) is 7.39. The summed E-state index contributed by atoms with van der Waals surface area (Å²) in [6.07, 6.45) is 2.64. The van der Waals surface area contributed by atoms with E-state index in [0.29, 0.717) is 11.6 Å². The number of hydroxylamine groups is 2. The average Bonchev–Trinajstić information content (AvgIpc) is 1.97. The van der Waals surface area contributed by atoms with Crippen LogP contribution in [-0.4, -0.2) is 34.7 Å². The van der Waals surface area contributed by atoms with Gasteiger partial charge in [0.1, 0.15) is 0 Å². The molecule has 0 atom stereocenters. The van der Waals surface area contributed by atoms with E-state index in [4.69, 9.17) is 10.2 Å². The van der Waals surface area contributed by atoms with E-state index in [9.17, 15) is 5.21 Å². The molecular weight excluding hydrogens is 158 g/mol. The Labute approximate surface area is 73.4 Å². The van der Waals surface area contributed by atoms with Crippen molar-refractivity contribution in [3.8, 4) is 0 Å². The standard InChI is InChI=1S/C8H18NO3/c1-2-3-4-5-6-9(12)7-8(10)11/h8,10-11H,2-7H2,1H3/q-1. The smallest absolute Gasteiger partial charge is 0.163 e. The zero-order chi connectivity index (χ0) is 9.40. The summed E-state index contributed by atoms with van der Waals surface area (Å²) in [5, 5.41) is 28.4. The molecule has 0 aliphatic carbocycles. The van der Waals surface area contributed by atoms with E-state index in [1.54, 1.807) is 0 Å². The van der Waals surface area contributed by atoms with Crippen molar-refractivity contribution in [3.05, 3.63) is 5.21 Å². The van der Waals surface area contributed by atoms with Gasteiger partial charge in [0.05, 0.1) is 0 Å². The van der Waals surface area contributed by atoms with Crippen molar-refractivity contribution < 1.29 is 10.2 Å². The van der Waals surface area contributed by atoms with Gasteiger partial charge in [0.25, 0.3) is 0 Å². The van der Waals surface area contributed by atoms with Gasteiger partial charge >= 0.3 is 0 Å². The number of rotatable bonds is 7. The average molecular weight is 176 g/mol. The Bertz CT molecular complexity index is 98.3. The van der Waals surface area contributed by atoms with Crippen LogP contribution in [0.1, 0.15) is 32.6 Å². The molecule has 0 aromatic carbocycles. The second-order valence-corrected chi connectivity index (χ2v) is 2.93. The Morgan fingerprint density at radius 3 is 2.42 bits per heavy atom. The van der Waals surface area contributed by atoms with Gasteiger partial charge in [0, 0.05) is 6.54 Å². The highest BCUT2D eigenvalue weighted by molar-refractivity contribution is 4.57. The molecule has 0 heterocycles. The van der Waals surface area contributed by atoms with Crippen LogP contribution in [0.3, 0.4) is 0 Å². The molecule has 12 heavy (non-hydrogen) atoms. The third kappa shape index (κ3) is 7.94. The van der Waals surface area contributed by atoms with E-state index in [1.807, 2.05) is 0 Å². The fourth-order valence-electron chi connectivity index (χ4n) is 0.988. The van der Waals surface area contributed by atoms with E-state index in [1.165, 1.54) is 0 Å². The lowest BCUT2D eigenvalue weighted by molar-refractivity contribution is -0.0542. The lowest BCUT2D eigenvalue weighted by Gasteiger charge is -2.28. The molecule has 0 bridgehead atoms. The Morgan fingerprint density at radius 1 is 1.25 bits per heavy atom. The number of aliphatic hydroxyl groups is 2. The van der Waals surface area contributed by atoms with Gasteiger partial charge in [0.15, 0.2) is 6.29 Å². The third-order valence-corrected chi connectivity index (χ3v) is 1.63. The van der Waals surface area contributed by atoms with Crippen LogP contribution < -0.4 is 0 Å². The van der Waals surface area contributed by atoms with Gasteiger partial charge in [0.2, 0.25) is 0 Å². The first-order valence-electron chi connectivity index (χ1n) is 4.45. The number of hydrogen-bond donors (Lipinski definition) is 2. The van der Waals surface area contributed by atoms with Gasteiger partial charge in [-0.25, -0.2) is 0 Å². The third-order valence-electron chi connectivity index (χ3n) is 1.63. The van der Waals surface area contributed by atoms with Crippen molar-refractivity contribution in [2.45, 2.75) is 38.9 Å². The zero-order valence-electron chi connectivity index (χ0n) is 7.57. The molecule has 0 amide bonds. The van der Waals surface area contributed by atoms with Crippen molar-refractivity contribution in [1.82, 2.24) is 5.06 Å². The van der Waals surface area contributed by atoms with E-state index < -0.39 is 6.29 Å². The Balaban J connectivity index is 3.14. The fraction of sp³-hybridized carbons (Fsp3) is 1.00. The fourth-order valence-corrected chi connectivity index (χ4v) is 0.988. The minimum atomic E-state index is -1.51. The molecule has 0 unspecified atom stereocenters. The predicted molar refractivity (Wildman–Crippen MR) is 47.3 cm³/mol. The first-order chi connectivity index (χ1) is 5.66. The quantitative estimate of drug-likeness (QED) is 0.340. The predicted octanol–water partition coefficient (Wildman–Crippen LogP) is 0.677. The molecule has 2 N–H and O–H groups in total. The molecule has 0 radical (unpaired) electrons. The van der Waals surface area contributed by atoms with Crippen LogP contribution in [0.2, 0.25) is 0 Å². The molecule has 0 saturated carbocycles. The molecule has 4 heteroatoms. The molecule has 0 aliphatic rings. The topological polar surface area (TPSA) is 66.8 Å². The van der Waals surface area contributed by atoms with Gasteiger partial charge in [-0.3, -0.25) is 0 Å². The number of unbranched alkanes of at least 4 members (excludes halogenated alkanes) is 3. The monoisotopic (exact) mass is 176 g/mol. The molecular formula is C8H18NO3-. The van der Waals surface area contributed by atoms with Crippen LogP contribution in [0.5, 0.6) is 0 Å². The summed E-state index contributed by atoms with van der Waals surface area (Å²) in [4.78, 5) is 0. The number of hydrogen-bond acceptors (Lipinski definition) is 4. The molecule has 0 aromatic rings. The lowest BCUT2D eigenvalue weighted by atomic mass is 10.2.